The molecule has 0 saturated carbocycles. The van der Waals surface area contributed by atoms with Crippen molar-refractivity contribution < 1.29 is 9.13 Å². The van der Waals surface area contributed by atoms with E-state index >= 15 is 0 Å². The van der Waals surface area contributed by atoms with Gasteiger partial charge in [-0.05, 0) is 97.6 Å². The van der Waals surface area contributed by atoms with Gasteiger partial charge in [-0.2, -0.15) is 5.10 Å². The molecular formula is C32H28FN5O. The van der Waals surface area contributed by atoms with Crippen molar-refractivity contribution in [1.29, 1.82) is 0 Å². The molecule has 1 fully saturated rings. The summed E-state index contributed by atoms with van der Waals surface area (Å²) in [6.07, 6.45) is 5.87. The van der Waals surface area contributed by atoms with Crippen LogP contribution < -0.4 is 10.1 Å². The average Bonchev–Trinajstić information content (AvgIpc) is 3.57. The van der Waals surface area contributed by atoms with Gasteiger partial charge in [0.1, 0.15) is 23.4 Å². The number of hydrogen-bond donors (Lipinski definition) is 3. The molecule has 1 aliphatic rings. The van der Waals surface area contributed by atoms with E-state index in [0.29, 0.717) is 0 Å². The number of fused-ring (bicyclic) bond motifs is 2. The molecule has 1 aliphatic heterocycles. The van der Waals surface area contributed by atoms with Gasteiger partial charge in [0, 0.05) is 28.0 Å². The summed E-state index contributed by atoms with van der Waals surface area (Å²) in [6.45, 7) is 3.87. The second-order valence-electron chi connectivity index (χ2n) is 10.3. The number of aromatic nitrogens is 4. The van der Waals surface area contributed by atoms with Gasteiger partial charge in [-0.25, -0.2) is 4.39 Å². The molecule has 3 aromatic heterocycles. The van der Waals surface area contributed by atoms with E-state index in [2.05, 4.69) is 49.7 Å². The van der Waals surface area contributed by atoms with E-state index in [4.69, 9.17) is 4.74 Å². The SMILES string of the molecule is Cc1cc(F)cc(-c2cccc3[nH]c(-c4n[nH]c5ccc(-c6cncc(OC7CCNCC7)c6)cc45)cc23)c1. The number of aromatic amines is 2. The average molecular weight is 518 g/mol. The molecular weight excluding hydrogens is 489 g/mol. The van der Waals surface area contributed by atoms with Gasteiger partial charge in [0.05, 0.1) is 17.4 Å². The summed E-state index contributed by atoms with van der Waals surface area (Å²) in [5.41, 5.74) is 8.42. The van der Waals surface area contributed by atoms with Crippen LogP contribution >= 0.6 is 0 Å². The Labute approximate surface area is 225 Å². The van der Waals surface area contributed by atoms with Gasteiger partial charge in [0.2, 0.25) is 0 Å². The van der Waals surface area contributed by atoms with Crippen LogP contribution in [0.15, 0.2) is 79.1 Å². The van der Waals surface area contributed by atoms with E-state index in [1.54, 1.807) is 18.3 Å². The van der Waals surface area contributed by atoms with Crippen molar-refractivity contribution in [1.82, 2.24) is 25.5 Å². The van der Waals surface area contributed by atoms with Gasteiger partial charge in [-0.15, -0.1) is 0 Å². The van der Waals surface area contributed by atoms with Gasteiger partial charge in [0.25, 0.3) is 0 Å². The topological polar surface area (TPSA) is 78.6 Å². The molecule has 0 radical (unpaired) electrons. The molecule has 7 rings (SSSR count). The fourth-order valence-electron chi connectivity index (χ4n) is 5.57. The van der Waals surface area contributed by atoms with Gasteiger partial charge < -0.3 is 15.0 Å². The number of nitrogens with zero attached hydrogens (tertiary/aromatic N) is 2. The highest BCUT2D eigenvalue weighted by molar-refractivity contribution is 6.01. The summed E-state index contributed by atoms with van der Waals surface area (Å²) in [7, 11) is 0. The molecule has 4 heterocycles. The Morgan fingerprint density at radius 3 is 2.62 bits per heavy atom. The van der Waals surface area contributed by atoms with Crippen LogP contribution in [0.3, 0.4) is 0 Å². The lowest BCUT2D eigenvalue weighted by molar-refractivity contribution is 0.162. The number of aryl methyl sites for hydroxylation is 1. The standard InChI is InChI=1S/C32H28FN5O/c1-19-11-21(13-23(33)12-19)26-3-2-4-29-27(26)16-31(36-29)32-28-15-20(5-6-30(28)37-38-32)22-14-25(18-35-17-22)39-24-7-9-34-10-8-24/h2-6,11-18,24,34,36H,7-10H2,1H3,(H,37,38). The van der Waals surface area contributed by atoms with E-state index < -0.39 is 0 Å². The van der Waals surface area contributed by atoms with Crippen molar-refractivity contribution in [2.45, 2.75) is 25.9 Å². The molecule has 0 spiro atoms. The van der Waals surface area contributed by atoms with Crippen molar-refractivity contribution >= 4 is 21.8 Å². The van der Waals surface area contributed by atoms with Crippen LogP contribution in [0.5, 0.6) is 5.75 Å². The van der Waals surface area contributed by atoms with E-state index in [1.807, 2.05) is 43.5 Å². The number of halogens is 1. The number of hydrogen-bond acceptors (Lipinski definition) is 4. The molecule has 0 amide bonds. The van der Waals surface area contributed by atoms with Crippen LogP contribution in [0.1, 0.15) is 18.4 Å². The second kappa shape index (κ2) is 9.67. The summed E-state index contributed by atoms with van der Waals surface area (Å²) in [6, 6.07) is 21.6. The molecule has 6 nitrogen and oxygen atoms in total. The number of benzene rings is 3. The second-order valence-corrected chi connectivity index (χ2v) is 10.3. The van der Waals surface area contributed by atoms with Gasteiger partial charge in [-0.1, -0.05) is 24.3 Å². The molecule has 1 saturated heterocycles. The van der Waals surface area contributed by atoms with Gasteiger partial charge in [-0.3, -0.25) is 10.1 Å². The fourth-order valence-corrected chi connectivity index (χ4v) is 5.57. The molecule has 0 unspecified atom stereocenters. The molecule has 0 aliphatic carbocycles. The maximum atomic E-state index is 14.2. The number of ether oxygens (including phenoxy) is 1. The Morgan fingerprint density at radius 2 is 1.74 bits per heavy atom. The zero-order chi connectivity index (χ0) is 26.3. The zero-order valence-electron chi connectivity index (χ0n) is 21.6. The van der Waals surface area contributed by atoms with Crippen molar-refractivity contribution in [2.24, 2.45) is 0 Å². The third-order valence-electron chi connectivity index (χ3n) is 7.47. The van der Waals surface area contributed by atoms with Crippen molar-refractivity contribution in [3.8, 4) is 39.4 Å². The Hall–Kier alpha value is -4.49. The Bertz CT molecular complexity index is 1790. The predicted octanol–water partition coefficient (Wildman–Crippen LogP) is 7.02. The van der Waals surface area contributed by atoms with Gasteiger partial charge in [0.15, 0.2) is 0 Å². The normalized spacial score (nSPS) is 14.3. The summed E-state index contributed by atoms with van der Waals surface area (Å²) in [5, 5.41) is 13.2. The molecule has 0 bridgehead atoms. The summed E-state index contributed by atoms with van der Waals surface area (Å²) < 4.78 is 20.4. The summed E-state index contributed by atoms with van der Waals surface area (Å²) in [5.74, 6) is 0.561. The van der Waals surface area contributed by atoms with Crippen LogP contribution in [-0.4, -0.2) is 39.4 Å². The maximum Gasteiger partial charge on any atom is 0.138 e. The van der Waals surface area contributed by atoms with Crippen LogP contribution in [0, 0.1) is 12.7 Å². The van der Waals surface area contributed by atoms with E-state index in [1.165, 1.54) is 0 Å². The third-order valence-corrected chi connectivity index (χ3v) is 7.47. The first-order valence-electron chi connectivity index (χ1n) is 13.3. The molecule has 6 aromatic rings. The van der Waals surface area contributed by atoms with Crippen molar-refractivity contribution in [2.75, 3.05) is 13.1 Å². The largest absolute Gasteiger partial charge is 0.489 e. The first kappa shape index (κ1) is 23.6. The molecule has 39 heavy (non-hydrogen) atoms. The number of nitrogens with one attached hydrogen (secondary N) is 3. The van der Waals surface area contributed by atoms with Crippen LogP contribution in [-0.2, 0) is 0 Å². The lowest BCUT2D eigenvalue weighted by Gasteiger charge is -2.23. The number of piperidine rings is 1. The highest BCUT2D eigenvalue weighted by Crippen LogP contribution is 2.36. The molecule has 194 valence electrons. The lowest BCUT2D eigenvalue weighted by atomic mass is 9.99. The fraction of sp³-hybridized carbons (Fsp3) is 0.188. The highest BCUT2D eigenvalue weighted by atomic mass is 19.1. The van der Waals surface area contributed by atoms with Crippen LogP contribution in [0.25, 0.3) is 55.4 Å². The first-order valence-corrected chi connectivity index (χ1v) is 13.3. The zero-order valence-corrected chi connectivity index (χ0v) is 21.6. The molecule has 0 atom stereocenters. The number of pyridine rings is 1. The minimum Gasteiger partial charge on any atom is -0.489 e. The van der Waals surface area contributed by atoms with Crippen molar-refractivity contribution in [3.63, 3.8) is 0 Å². The minimum absolute atomic E-state index is 0.217. The smallest absolute Gasteiger partial charge is 0.138 e. The predicted molar refractivity (Wildman–Crippen MR) is 153 cm³/mol. The highest BCUT2D eigenvalue weighted by Gasteiger charge is 2.17. The lowest BCUT2D eigenvalue weighted by Crippen LogP contribution is -2.34. The van der Waals surface area contributed by atoms with Crippen LogP contribution in [0.2, 0.25) is 0 Å². The van der Waals surface area contributed by atoms with Crippen molar-refractivity contribution in [3.05, 3.63) is 90.5 Å². The number of H-pyrrole nitrogens is 2. The van der Waals surface area contributed by atoms with Crippen LogP contribution in [0.4, 0.5) is 4.39 Å². The number of rotatable bonds is 5. The Balaban J connectivity index is 1.26. The first-order chi connectivity index (χ1) is 19.1. The molecule has 7 heteroatoms. The minimum atomic E-state index is -0.233. The van der Waals surface area contributed by atoms with E-state index in [0.717, 1.165) is 92.7 Å². The maximum absolute atomic E-state index is 14.2. The molecule has 3 N–H and O–H groups in total. The summed E-state index contributed by atoms with van der Waals surface area (Å²) in [4.78, 5) is 7.99. The Kier molecular flexibility index (Phi) is 5.86. The van der Waals surface area contributed by atoms with E-state index in [9.17, 15) is 4.39 Å². The van der Waals surface area contributed by atoms with E-state index in [-0.39, 0.29) is 11.9 Å². The van der Waals surface area contributed by atoms with Gasteiger partial charge >= 0.3 is 0 Å². The molecule has 3 aromatic carbocycles. The Morgan fingerprint density at radius 1 is 0.846 bits per heavy atom. The third kappa shape index (κ3) is 4.55. The summed E-state index contributed by atoms with van der Waals surface area (Å²) >= 11 is 0. The monoisotopic (exact) mass is 517 g/mol. The quantitative estimate of drug-likeness (QED) is 0.230.